The summed E-state index contributed by atoms with van der Waals surface area (Å²) in [5.74, 6) is 0.884. The number of aromatic nitrogens is 2. The lowest BCUT2D eigenvalue weighted by Crippen LogP contribution is -1.99. The van der Waals surface area contributed by atoms with E-state index in [9.17, 15) is 10.1 Å². The standard InChI is InChI=1S/C17H15N3O3/c1-2-15(12-7-4-3-5-8-12)17-18-16(19-23-17)13-9-6-10-14(11-13)20(21)22/h3-11,15H,2H2,1H3/t15-/m0/s1. The Bertz CT molecular complexity index is 815. The minimum Gasteiger partial charge on any atom is -0.338 e. The van der Waals surface area contributed by atoms with Crippen LogP contribution in [0.15, 0.2) is 59.1 Å². The number of hydrogen-bond donors (Lipinski definition) is 0. The second-order valence-corrected chi connectivity index (χ2v) is 5.14. The molecule has 0 saturated carbocycles. The average molecular weight is 309 g/mol. The molecule has 0 radical (unpaired) electrons. The van der Waals surface area contributed by atoms with Gasteiger partial charge in [0.1, 0.15) is 0 Å². The Hall–Kier alpha value is -3.02. The van der Waals surface area contributed by atoms with Gasteiger partial charge in [0.2, 0.25) is 11.7 Å². The molecule has 1 heterocycles. The Balaban J connectivity index is 1.94. The van der Waals surface area contributed by atoms with E-state index in [1.807, 2.05) is 30.3 Å². The van der Waals surface area contributed by atoms with E-state index >= 15 is 0 Å². The second-order valence-electron chi connectivity index (χ2n) is 5.14. The van der Waals surface area contributed by atoms with Crippen LogP contribution >= 0.6 is 0 Å². The maximum absolute atomic E-state index is 10.9. The van der Waals surface area contributed by atoms with Crippen molar-refractivity contribution >= 4 is 5.69 Å². The van der Waals surface area contributed by atoms with Crippen molar-refractivity contribution in [3.8, 4) is 11.4 Å². The molecule has 116 valence electrons. The van der Waals surface area contributed by atoms with Gasteiger partial charge in [-0.3, -0.25) is 10.1 Å². The molecule has 6 nitrogen and oxygen atoms in total. The summed E-state index contributed by atoms with van der Waals surface area (Å²) in [4.78, 5) is 14.9. The summed E-state index contributed by atoms with van der Waals surface area (Å²) < 4.78 is 5.40. The molecule has 1 aromatic heterocycles. The minimum absolute atomic E-state index is 0.00366. The van der Waals surface area contributed by atoms with E-state index in [0.29, 0.717) is 17.3 Å². The average Bonchev–Trinajstić information content (AvgIpc) is 3.06. The van der Waals surface area contributed by atoms with Gasteiger partial charge >= 0.3 is 0 Å². The molecular formula is C17H15N3O3. The molecular weight excluding hydrogens is 294 g/mol. The normalized spacial score (nSPS) is 12.0. The highest BCUT2D eigenvalue weighted by atomic mass is 16.6. The molecule has 0 amide bonds. The van der Waals surface area contributed by atoms with Crippen LogP contribution in [0.4, 0.5) is 5.69 Å². The van der Waals surface area contributed by atoms with Gasteiger partial charge in [-0.2, -0.15) is 4.98 Å². The Kier molecular flexibility index (Phi) is 4.14. The van der Waals surface area contributed by atoms with Gasteiger partial charge in [0, 0.05) is 17.7 Å². The lowest BCUT2D eigenvalue weighted by Gasteiger charge is -2.09. The monoisotopic (exact) mass is 309 g/mol. The summed E-state index contributed by atoms with van der Waals surface area (Å²) in [6.07, 6.45) is 0.820. The van der Waals surface area contributed by atoms with E-state index in [1.165, 1.54) is 12.1 Å². The molecule has 23 heavy (non-hydrogen) atoms. The summed E-state index contributed by atoms with van der Waals surface area (Å²) in [5.41, 5.74) is 1.67. The predicted octanol–water partition coefficient (Wildman–Crippen LogP) is 4.19. The van der Waals surface area contributed by atoms with Crippen molar-refractivity contribution in [2.24, 2.45) is 0 Å². The van der Waals surface area contributed by atoms with E-state index in [1.54, 1.807) is 12.1 Å². The zero-order chi connectivity index (χ0) is 16.2. The van der Waals surface area contributed by atoms with E-state index in [2.05, 4.69) is 17.1 Å². The molecule has 2 aromatic carbocycles. The zero-order valence-corrected chi connectivity index (χ0v) is 12.5. The smallest absolute Gasteiger partial charge is 0.270 e. The Morgan fingerprint density at radius 1 is 1.17 bits per heavy atom. The van der Waals surface area contributed by atoms with Crippen LogP contribution < -0.4 is 0 Å². The van der Waals surface area contributed by atoms with Gasteiger partial charge in [-0.05, 0) is 12.0 Å². The third kappa shape index (κ3) is 3.11. The minimum atomic E-state index is -0.441. The number of benzene rings is 2. The number of non-ortho nitro benzene ring substituents is 1. The molecule has 0 spiro atoms. The molecule has 0 saturated heterocycles. The molecule has 0 unspecified atom stereocenters. The Labute approximate surface area is 132 Å². The topological polar surface area (TPSA) is 82.1 Å². The van der Waals surface area contributed by atoms with Gasteiger partial charge < -0.3 is 4.52 Å². The maximum atomic E-state index is 10.9. The molecule has 0 bridgehead atoms. The lowest BCUT2D eigenvalue weighted by molar-refractivity contribution is -0.384. The molecule has 0 fully saturated rings. The molecule has 0 aliphatic carbocycles. The van der Waals surface area contributed by atoms with Crippen molar-refractivity contribution < 1.29 is 9.45 Å². The van der Waals surface area contributed by atoms with E-state index in [4.69, 9.17) is 4.52 Å². The zero-order valence-electron chi connectivity index (χ0n) is 12.5. The van der Waals surface area contributed by atoms with Gasteiger partial charge in [0.05, 0.1) is 10.8 Å². The highest BCUT2D eigenvalue weighted by molar-refractivity contribution is 5.58. The first kappa shape index (κ1) is 14.9. The molecule has 3 rings (SSSR count). The van der Waals surface area contributed by atoms with Crippen molar-refractivity contribution in [3.63, 3.8) is 0 Å². The quantitative estimate of drug-likeness (QED) is 0.521. The largest absolute Gasteiger partial charge is 0.338 e. The van der Waals surface area contributed by atoms with Crippen LogP contribution in [0.2, 0.25) is 0 Å². The third-order valence-corrected chi connectivity index (χ3v) is 3.67. The Morgan fingerprint density at radius 2 is 1.96 bits per heavy atom. The van der Waals surface area contributed by atoms with Crippen molar-refractivity contribution in [1.82, 2.24) is 10.1 Å². The number of nitrogens with zero attached hydrogens (tertiary/aromatic N) is 3. The van der Waals surface area contributed by atoms with Crippen LogP contribution in [0.1, 0.15) is 30.7 Å². The van der Waals surface area contributed by atoms with Gasteiger partial charge in [-0.1, -0.05) is 54.5 Å². The predicted molar refractivity (Wildman–Crippen MR) is 85.0 cm³/mol. The van der Waals surface area contributed by atoms with E-state index < -0.39 is 4.92 Å². The van der Waals surface area contributed by atoms with Crippen molar-refractivity contribution in [1.29, 1.82) is 0 Å². The fourth-order valence-corrected chi connectivity index (χ4v) is 2.49. The highest BCUT2D eigenvalue weighted by Gasteiger charge is 2.20. The Morgan fingerprint density at radius 3 is 2.65 bits per heavy atom. The molecule has 3 aromatic rings. The second kappa shape index (κ2) is 6.39. The molecule has 0 aliphatic heterocycles. The van der Waals surface area contributed by atoms with E-state index in [-0.39, 0.29) is 11.6 Å². The summed E-state index contributed by atoms with van der Waals surface area (Å²) in [7, 11) is 0. The molecule has 0 N–H and O–H groups in total. The summed E-state index contributed by atoms with van der Waals surface area (Å²) in [6, 6.07) is 16.1. The van der Waals surface area contributed by atoms with Crippen molar-refractivity contribution in [2.75, 3.05) is 0 Å². The number of rotatable bonds is 5. The number of nitro benzene ring substituents is 1. The van der Waals surface area contributed by atoms with Gasteiger partial charge in [0.25, 0.3) is 5.69 Å². The fourth-order valence-electron chi connectivity index (χ4n) is 2.49. The van der Waals surface area contributed by atoms with Crippen LogP contribution in [0.25, 0.3) is 11.4 Å². The summed E-state index contributed by atoms with van der Waals surface area (Å²) in [5, 5.41) is 14.8. The van der Waals surface area contributed by atoms with Gasteiger partial charge in [-0.15, -0.1) is 0 Å². The first-order valence-electron chi connectivity index (χ1n) is 7.32. The van der Waals surface area contributed by atoms with Crippen molar-refractivity contribution in [2.45, 2.75) is 19.3 Å². The van der Waals surface area contributed by atoms with Crippen LogP contribution in [-0.4, -0.2) is 15.1 Å². The summed E-state index contributed by atoms with van der Waals surface area (Å²) in [6.45, 7) is 2.05. The van der Waals surface area contributed by atoms with Crippen LogP contribution in [0, 0.1) is 10.1 Å². The summed E-state index contributed by atoms with van der Waals surface area (Å²) >= 11 is 0. The molecule has 0 aliphatic rings. The highest BCUT2D eigenvalue weighted by Crippen LogP contribution is 2.29. The third-order valence-electron chi connectivity index (χ3n) is 3.67. The maximum Gasteiger partial charge on any atom is 0.270 e. The number of nitro groups is 1. The first-order valence-corrected chi connectivity index (χ1v) is 7.32. The van der Waals surface area contributed by atoms with Gasteiger partial charge in [0.15, 0.2) is 0 Å². The molecule has 6 heteroatoms. The number of hydrogen-bond acceptors (Lipinski definition) is 5. The van der Waals surface area contributed by atoms with Crippen molar-refractivity contribution in [3.05, 3.63) is 76.2 Å². The van der Waals surface area contributed by atoms with Crippen LogP contribution in [0.3, 0.4) is 0 Å². The fraction of sp³-hybridized carbons (Fsp3) is 0.176. The first-order chi connectivity index (χ1) is 11.2. The van der Waals surface area contributed by atoms with Crippen LogP contribution in [0.5, 0.6) is 0 Å². The lowest BCUT2D eigenvalue weighted by atomic mass is 9.96. The van der Waals surface area contributed by atoms with E-state index in [0.717, 1.165) is 12.0 Å². The van der Waals surface area contributed by atoms with Gasteiger partial charge in [-0.25, -0.2) is 0 Å². The van der Waals surface area contributed by atoms with Crippen LogP contribution in [-0.2, 0) is 0 Å². The molecule has 1 atom stereocenters. The SMILES string of the molecule is CC[C@@H](c1ccccc1)c1nc(-c2cccc([N+](=O)[O-])c2)no1.